The van der Waals surface area contributed by atoms with Crippen LogP contribution in [0.5, 0.6) is 5.75 Å². The molecule has 1 N–H and O–H groups in total. The summed E-state index contributed by atoms with van der Waals surface area (Å²) in [4.78, 5) is 13.0. The van der Waals surface area contributed by atoms with Crippen LogP contribution in [0.2, 0.25) is 0 Å². The van der Waals surface area contributed by atoms with Crippen LogP contribution in [0.15, 0.2) is 29.5 Å². The molecule has 1 amide bonds. The molecule has 2 rings (SSSR count). The molecule has 102 valence electrons. The minimum atomic E-state index is -0.302. The SMILES string of the molecule is CN1C(=O)COc2cc(NC(C#N)=C(C#N)C#N)ccc21. The Morgan fingerprint density at radius 2 is 2.00 bits per heavy atom. The third-order valence-corrected chi connectivity index (χ3v) is 2.90. The van der Waals surface area contributed by atoms with E-state index in [0.29, 0.717) is 17.1 Å². The Labute approximate surface area is 120 Å². The highest BCUT2D eigenvalue weighted by molar-refractivity contribution is 5.97. The molecule has 0 aliphatic carbocycles. The number of allylic oxidation sites excluding steroid dienone is 2. The van der Waals surface area contributed by atoms with Crippen LogP contribution in [-0.4, -0.2) is 19.6 Å². The number of carbonyl (C=O) groups is 1. The van der Waals surface area contributed by atoms with Crippen molar-refractivity contribution in [3.8, 4) is 24.0 Å². The molecule has 0 saturated carbocycles. The molecule has 1 aromatic carbocycles. The number of anilines is 2. The average Bonchev–Trinajstić information content (AvgIpc) is 2.51. The van der Waals surface area contributed by atoms with Crippen molar-refractivity contribution < 1.29 is 9.53 Å². The van der Waals surface area contributed by atoms with Gasteiger partial charge in [0.25, 0.3) is 5.91 Å². The van der Waals surface area contributed by atoms with Crippen molar-refractivity contribution >= 4 is 17.3 Å². The summed E-state index contributed by atoms with van der Waals surface area (Å²) in [5.41, 5.74) is 0.653. The molecule has 7 nitrogen and oxygen atoms in total. The number of nitrogens with one attached hydrogen (secondary N) is 1. The van der Waals surface area contributed by atoms with Gasteiger partial charge in [-0.3, -0.25) is 4.79 Å². The van der Waals surface area contributed by atoms with E-state index in [1.807, 2.05) is 0 Å². The number of fused-ring (bicyclic) bond motifs is 1. The molecule has 1 aromatic rings. The monoisotopic (exact) mass is 279 g/mol. The number of hydrogen-bond acceptors (Lipinski definition) is 6. The molecule has 1 heterocycles. The zero-order chi connectivity index (χ0) is 15.4. The summed E-state index contributed by atoms with van der Waals surface area (Å²) in [6.07, 6.45) is 0. The maximum absolute atomic E-state index is 11.5. The molecule has 0 radical (unpaired) electrons. The van der Waals surface area contributed by atoms with Crippen LogP contribution in [0, 0.1) is 34.0 Å². The Hall–Kier alpha value is -3.50. The van der Waals surface area contributed by atoms with E-state index in [9.17, 15) is 4.79 Å². The topological polar surface area (TPSA) is 113 Å². The summed E-state index contributed by atoms with van der Waals surface area (Å²) in [6, 6.07) is 9.94. The van der Waals surface area contributed by atoms with Gasteiger partial charge in [-0.15, -0.1) is 0 Å². The normalized spacial score (nSPS) is 12.1. The minimum absolute atomic E-state index is 0.0600. The highest BCUT2D eigenvalue weighted by Crippen LogP contribution is 2.34. The first kappa shape index (κ1) is 13.9. The fourth-order valence-electron chi connectivity index (χ4n) is 1.78. The van der Waals surface area contributed by atoms with Gasteiger partial charge in [0.2, 0.25) is 0 Å². The van der Waals surface area contributed by atoms with Crippen molar-refractivity contribution in [2.45, 2.75) is 0 Å². The summed E-state index contributed by atoms with van der Waals surface area (Å²) in [6.45, 7) is -0.0600. The van der Waals surface area contributed by atoms with E-state index >= 15 is 0 Å². The van der Waals surface area contributed by atoms with Crippen LogP contribution < -0.4 is 15.0 Å². The number of amides is 1. The lowest BCUT2D eigenvalue weighted by Gasteiger charge is -2.26. The number of benzene rings is 1. The van der Waals surface area contributed by atoms with Crippen LogP contribution in [0.25, 0.3) is 0 Å². The summed E-state index contributed by atoms with van der Waals surface area (Å²) >= 11 is 0. The van der Waals surface area contributed by atoms with Crippen LogP contribution in [0.3, 0.4) is 0 Å². The highest BCUT2D eigenvalue weighted by atomic mass is 16.5. The zero-order valence-corrected chi connectivity index (χ0v) is 11.0. The lowest BCUT2D eigenvalue weighted by molar-refractivity contribution is -0.120. The summed E-state index contributed by atoms with van der Waals surface area (Å²) in [7, 11) is 1.64. The first-order chi connectivity index (χ1) is 10.1. The van der Waals surface area contributed by atoms with E-state index in [1.54, 1.807) is 43.5 Å². The van der Waals surface area contributed by atoms with E-state index in [1.165, 1.54) is 4.90 Å². The van der Waals surface area contributed by atoms with Crippen molar-refractivity contribution in [2.24, 2.45) is 0 Å². The molecule has 1 aliphatic heterocycles. The molecule has 0 unspecified atom stereocenters. The Kier molecular flexibility index (Phi) is 3.74. The highest BCUT2D eigenvalue weighted by Gasteiger charge is 2.22. The average molecular weight is 279 g/mol. The molecular formula is C14H9N5O2. The van der Waals surface area contributed by atoms with E-state index in [4.69, 9.17) is 20.5 Å². The van der Waals surface area contributed by atoms with E-state index in [2.05, 4.69) is 5.32 Å². The molecule has 0 bridgehead atoms. The molecule has 0 fully saturated rings. The van der Waals surface area contributed by atoms with Crippen LogP contribution in [0.4, 0.5) is 11.4 Å². The van der Waals surface area contributed by atoms with Crippen LogP contribution in [-0.2, 0) is 4.79 Å². The third kappa shape index (κ3) is 2.60. The lowest BCUT2D eigenvalue weighted by Crippen LogP contribution is -2.35. The molecule has 0 aromatic heterocycles. The Bertz CT molecular complexity index is 745. The van der Waals surface area contributed by atoms with E-state index in [-0.39, 0.29) is 23.8 Å². The van der Waals surface area contributed by atoms with E-state index < -0.39 is 0 Å². The summed E-state index contributed by atoms with van der Waals surface area (Å²) in [5.74, 6) is 0.326. The molecular weight excluding hydrogens is 270 g/mol. The second-order valence-corrected chi connectivity index (χ2v) is 4.13. The van der Waals surface area contributed by atoms with Crippen molar-refractivity contribution in [1.82, 2.24) is 0 Å². The van der Waals surface area contributed by atoms with Crippen LogP contribution in [0.1, 0.15) is 0 Å². The Morgan fingerprint density at radius 3 is 2.62 bits per heavy atom. The minimum Gasteiger partial charge on any atom is -0.481 e. The Morgan fingerprint density at radius 1 is 1.29 bits per heavy atom. The number of carbonyl (C=O) groups excluding carboxylic acids is 1. The van der Waals surface area contributed by atoms with Gasteiger partial charge in [0.1, 0.15) is 29.7 Å². The first-order valence-corrected chi connectivity index (χ1v) is 5.85. The lowest BCUT2D eigenvalue weighted by atomic mass is 10.2. The van der Waals surface area contributed by atoms with Gasteiger partial charge < -0.3 is 15.0 Å². The molecule has 0 spiro atoms. The smallest absolute Gasteiger partial charge is 0.264 e. The predicted octanol–water partition coefficient (Wildman–Crippen LogP) is 1.28. The number of likely N-dealkylation sites (N-methyl/N-ethyl adjacent to an activating group) is 1. The molecule has 7 heteroatoms. The van der Waals surface area contributed by atoms with Crippen molar-refractivity contribution in [2.75, 3.05) is 23.9 Å². The van der Waals surface area contributed by atoms with E-state index in [0.717, 1.165) is 0 Å². The van der Waals surface area contributed by atoms with Gasteiger partial charge in [-0.2, -0.15) is 15.8 Å². The van der Waals surface area contributed by atoms with Crippen LogP contribution >= 0.6 is 0 Å². The largest absolute Gasteiger partial charge is 0.481 e. The van der Waals surface area contributed by atoms with Gasteiger partial charge in [0.05, 0.1) is 5.69 Å². The number of hydrogen-bond donors (Lipinski definition) is 1. The van der Waals surface area contributed by atoms with Gasteiger partial charge >= 0.3 is 0 Å². The van der Waals surface area contributed by atoms with Crippen molar-refractivity contribution in [1.29, 1.82) is 15.8 Å². The number of rotatable bonds is 2. The molecule has 21 heavy (non-hydrogen) atoms. The number of ether oxygens (including phenoxy) is 1. The number of nitriles is 3. The molecule has 0 atom stereocenters. The fourth-order valence-corrected chi connectivity index (χ4v) is 1.78. The van der Waals surface area contributed by atoms with Crippen molar-refractivity contribution in [3.05, 3.63) is 29.5 Å². The standard InChI is InChI=1S/C14H9N5O2/c1-19-12-3-2-10(4-13(12)21-8-14(19)20)18-11(7-17)9(5-15)6-16/h2-4,18H,8H2,1H3. The van der Waals surface area contributed by atoms with Gasteiger partial charge in [-0.25, -0.2) is 0 Å². The van der Waals surface area contributed by atoms with Gasteiger partial charge in [-0.1, -0.05) is 0 Å². The fraction of sp³-hybridized carbons (Fsp3) is 0.143. The summed E-state index contributed by atoms with van der Waals surface area (Å²) < 4.78 is 5.31. The maximum atomic E-state index is 11.5. The second-order valence-electron chi connectivity index (χ2n) is 4.13. The molecule has 0 saturated heterocycles. The van der Waals surface area contributed by atoms with Gasteiger partial charge in [0.15, 0.2) is 12.2 Å². The van der Waals surface area contributed by atoms with Gasteiger partial charge in [-0.05, 0) is 12.1 Å². The predicted molar refractivity (Wildman–Crippen MR) is 72.8 cm³/mol. The third-order valence-electron chi connectivity index (χ3n) is 2.90. The first-order valence-electron chi connectivity index (χ1n) is 5.85. The number of nitrogens with zero attached hydrogens (tertiary/aromatic N) is 4. The zero-order valence-electron chi connectivity index (χ0n) is 11.0. The maximum Gasteiger partial charge on any atom is 0.264 e. The molecule has 1 aliphatic rings. The van der Waals surface area contributed by atoms with Gasteiger partial charge in [0, 0.05) is 18.8 Å². The quantitative estimate of drug-likeness (QED) is 0.816. The summed E-state index contributed by atoms with van der Waals surface area (Å²) in [5, 5.41) is 29.2. The Balaban J connectivity index is 2.35. The second kappa shape index (κ2) is 5.64. The van der Waals surface area contributed by atoms with Crippen molar-refractivity contribution in [3.63, 3.8) is 0 Å².